The number of hydrogen-bond acceptors (Lipinski definition) is 3. The SMILES string of the molecule is Cn1c2[n+](c(O)c(-c3ccccc3)c1=O)C(c1cnc(Cl)c(-c3ccccc3)c1)CC2. The van der Waals surface area contributed by atoms with E-state index in [1.807, 2.05) is 71.3 Å². The van der Waals surface area contributed by atoms with E-state index in [1.54, 1.807) is 17.8 Å². The molecule has 0 amide bonds. The second-order valence-corrected chi connectivity index (χ2v) is 8.10. The second-order valence-electron chi connectivity index (χ2n) is 7.74. The second kappa shape index (κ2) is 7.67. The number of aromatic nitrogens is 3. The number of benzene rings is 2. The largest absolute Gasteiger partial charge is 0.477 e. The maximum Gasteiger partial charge on any atom is 0.349 e. The van der Waals surface area contributed by atoms with Crippen LogP contribution in [0.1, 0.15) is 23.9 Å². The third-order valence-electron chi connectivity index (χ3n) is 5.98. The van der Waals surface area contributed by atoms with Crippen molar-refractivity contribution in [3.05, 3.63) is 99.8 Å². The van der Waals surface area contributed by atoms with Gasteiger partial charge in [0, 0.05) is 23.7 Å². The van der Waals surface area contributed by atoms with Crippen LogP contribution in [0.3, 0.4) is 0 Å². The van der Waals surface area contributed by atoms with E-state index in [0.29, 0.717) is 22.7 Å². The van der Waals surface area contributed by atoms with Gasteiger partial charge in [-0.05, 0) is 17.2 Å². The van der Waals surface area contributed by atoms with Crippen molar-refractivity contribution in [3.63, 3.8) is 0 Å². The molecule has 2 aromatic carbocycles. The summed E-state index contributed by atoms with van der Waals surface area (Å²) in [6.45, 7) is 0. The molecule has 5 nitrogen and oxygen atoms in total. The van der Waals surface area contributed by atoms with E-state index in [1.165, 1.54) is 0 Å². The number of rotatable bonds is 3. The molecule has 1 N–H and O–H groups in total. The molecule has 0 spiro atoms. The van der Waals surface area contributed by atoms with Crippen LogP contribution >= 0.6 is 11.6 Å². The lowest BCUT2D eigenvalue weighted by Crippen LogP contribution is -2.45. The number of aromatic hydroxyl groups is 1. The van der Waals surface area contributed by atoms with Gasteiger partial charge in [0.25, 0.3) is 11.7 Å². The summed E-state index contributed by atoms with van der Waals surface area (Å²) < 4.78 is 3.51. The Hall–Kier alpha value is -3.44. The van der Waals surface area contributed by atoms with Gasteiger partial charge in [0.1, 0.15) is 11.2 Å². The highest BCUT2D eigenvalue weighted by Gasteiger charge is 2.38. The summed E-state index contributed by atoms with van der Waals surface area (Å²) in [4.78, 5) is 17.5. The molecule has 5 rings (SSSR count). The van der Waals surface area contributed by atoms with Crippen LogP contribution < -0.4 is 10.1 Å². The van der Waals surface area contributed by atoms with Crippen molar-refractivity contribution in [1.82, 2.24) is 9.55 Å². The molecule has 1 aliphatic heterocycles. The Bertz CT molecular complexity index is 1330. The molecule has 1 aliphatic rings. The Morgan fingerprint density at radius 3 is 2.39 bits per heavy atom. The Kier molecular flexibility index (Phi) is 4.83. The Labute approximate surface area is 184 Å². The Balaban J connectivity index is 1.68. The van der Waals surface area contributed by atoms with Gasteiger partial charge in [-0.25, -0.2) is 9.78 Å². The molecule has 1 unspecified atom stereocenters. The topological polar surface area (TPSA) is 59.0 Å². The summed E-state index contributed by atoms with van der Waals surface area (Å²) in [5.74, 6) is 0.784. The molecular formula is C25H21ClN3O2+. The number of nitrogens with zero attached hydrogens (tertiary/aromatic N) is 3. The summed E-state index contributed by atoms with van der Waals surface area (Å²) in [5.41, 5.74) is 3.58. The van der Waals surface area contributed by atoms with Gasteiger partial charge in [-0.1, -0.05) is 72.3 Å². The van der Waals surface area contributed by atoms with Gasteiger partial charge < -0.3 is 5.11 Å². The first-order chi connectivity index (χ1) is 15.1. The van der Waals surface area contributed by atoms with Gasteiger partial charge in [-0.2, -0.15) is 9.13 Å². The van der Waals surface area contributed by atoms with Crippen LogP contribution in [0.4, 0.5) is 0 Å². The first-order valence-electron chi connectivity index (χ1n) is 10.2. The monoisotopic (exact) mass is 430 g/mol. The van der Waals surface area contributed by atoms with Crippen LogP contribution in [-0.2, 0) is 13.5 Å². The van der Waals surface area contributed by atoms with Gasteiger partial charge in [0.15, 0.2) is 5.56 Å². The van der Waals surface area contributed by atoms with Crippen molar-refractivity contribution in [2.45, 2.75) is 18.9 Å². The minimum absolute atomic E-state index is 0.0111. The molecule has 154 valence electrons. The van der Waals surface area contributed by atoms with Crippen molar-refractivity contribution in [2.75, 3.05) is 0 Å². The third kappa shape index (κ3) is 3.22. The molecule has 3 heterocycles. The molecule has 0 saturated heterocycles. The van der Waals surface area contributed by atoms with E-state index in [-0.39, 0.29) is 17.5 Å². The third-order valence-corrected chi connectivity index (χ3v) is 6.28. The molecule has 0 bridgehead atoms. The van der Waals surface area contributed by atoms with Gasteiger partial charge in [0.2, 0.25) is 0 Å². The zero-order valence-corrected chi connectivity index (χ0v) is 17.8. The number of hydrogen-bond donors (Lipinski definition) is 1. The average Bonchev–Trinajstić information content (AvgIpc) is 3.25. The highest BCUT2D eigenvalue weighted by Crippen LogP contribution is 2.34. The summed E-state index contributed by atoms with van der Waals surface area (Å²) >= 11 is 6.41. The quantitative estimate of drug-likeness (QED) is 0.389. The molecule has 1 atom stereocenters. The van der Waals surface area contributed by atoms with Gasteiger partial charge in [-0.15, -0.1) is 0 Å². The smallest absolute Gasteiger partial charge is 0.349 e. The van der Waals surface area contributed by atoms with E-state index in [0.717, 1.165) is 28.9 Å². The minimum Gasteiger partial charge on any atom is -0.477 e. The first-order valence-corrected chi connectivity index (χ1v) is 10.6. The van der Waals surface area contributed by atoms with E-state index in [2.05, 4.69) is 4.98 Å². The van der Waals surface area contributed by atoms with Crippen LogP contribution in [0, 0.1) is 0 Å². The normalized spacial score (nSPS) is 15.1. The average molecular weight is 431 g/mol. The van der Waals surface area contributed by atoms with Crippen LogP contribution in [0.5, 0.6) is 5.88 Å². The van der Waals surface area contributed by atoms with Crippen molar-refractivity contribution < 1.29 is 9.67 Å². The fourth-order valence-electron chi connectivity index (χ4n) is 4.44. The van der Waals surface area contributed by atoms with Crippen molar-refractivity contribution in [3.8, 4) is 28.1 Å². The molecule has 31 heavy (non-hydrogen) atoms. The standard InChI is InChI=1S/C25H20ClN3O2/c1-28-21-13-12-20(18-14-19(23(26)27-15-18)16-8-4-2-5-9-16)29(21)25(31)22(24(28)30)17-10-6-3-7-11-17/h2-11,14-15,20H,12-13H2,1H3/p+1. The lowest BCUT2D eigenvalue weighted by molar-refractivity contribution is -0.716. The molecule has 4 aromatic rings. The fraction of sp³-hybridized carbons (Fsp3) is 0.160. The Morgan fingerprint density at radius 2 is 1.71 bits per heavy atom. The molecule has 0 saturated carbocycles. The maximum atomic E-state index is 13.0. The lowest BCUT2D eigenvalue weighted by Gasteiger charge is -2.15. The number of halogens is 1. The molecule has 6 heteroatoms. The predicted octanol–water partition coefficient (Wildman–Crippen LogP) is 4.30. The maximum absolute atomic E-state index is 13.0. The zero-order valence-electron chi connectivity index (χ0n) is 17.0. The van der Waals surface area contributed by atoms with E-state index >= 15 is 0 Å². The minimum atomic E-state index is -0.199. The van der Waals surface area contributed by atoms with Crippen LogP contribution in [0.25, 0.3) is 22.3 Å². The summed E-state index contributed by atoms with van der Waals surface area (Å²) in [6, 6.07) is 21.1. The highest BCUT2D eigenvalue weighted by molar-refractivity contribution is 6.32. The first kappa shape index (κ1) is 19.5. The summed E-state index contributed by atoms with van der Waals surface area (Å²) in [5, 5.41) is 11.7. The lowest BCUT2D eigenvalue weighted by atomic mass is 10.0. The zero-order chi connectivity index (χ0) is 21.5. The van der Waals surface area contributed by atoms with Crippen LogP contribution in [0.2, 0.25) is 5.15 Å². The molecule has 0 radical (unpaired) electrons. The van der Waals surface area contributed by atoms with E-state index in [4.69, 9.17) is 11.6 Å². The van der Waals surface area contributed by atoms with Crippen LogP contribution in [-0.4, -0.2) is 14.7 Å². The van der Waals surface area contributed by atoms with Crippen molar-refractivity contribution in [2.24, 2.45) is 7.05 Å². The fourth-order valence-corrected chi connectivity index (χ4v) is 4.65. The summed E-state index contributed by atoms with van der Waals surface area (Å²) in [7, 11) is 1.76. The van der Waals surface area contributed by atoms with Gasteiger partial charge in [0.05, 0.1) is 13.5 Å². The molecule has 0 aliphatic carbocycles. The van der Waals surface area contributed by atoms with Gasteiger partial charge >= 0.3 is 5.56 Å². The van der Waals surface area contributed by atoms with Crippen molar-refractivity contribution in [1.29, 1.82) is 0 Å². The van der Waals surface area contributed by atoms with Crippen LogP contribution in [0.15, 0.2) is 77.7 Å². The van der Waals surface area contributed by atoms with E-state index < -0.39 is 0 Å². The van der Waals surface area contributed by atoms with E-state index in [9.17, 15) is 9.90 Å². The summed E-state index contributed by atoms with van der Waals surface area (Å²) in [6.07, 6.45) is 3.20. The number of pyridine rings is 1. The molecule has 0 fully saturated rings. The van der Waals surface area contributed by atoms with Gasteiger partial charge in [-0.3, -0.25) is 0 Å². The Morgan fingerprint density at radius 1 is 1.06 bits per heavy atom. The molecule has 2 aromatic heterocycles. The number of fused-ring (bicyclic) bond motifs is 1. The van der Waals surface area contributed by atoms with Crippen molar-refractivity contribution >= 4 is 11.6 Å². The predicted molar refractivity (Wildman–Crippen MR) is 120 cm³/mol. The molecular weight excluding hydrogens is 410 g/mol. The highest BCUT2D eigenvalue weighted by atomic mass is 35.5.